The summed E-state index contributed by atoms with van der Waals surface area (Å²) >= 11 is 0. The van der Waals surface area contributed by atoms with Crippen molar-refractivity contribution in [3.8, 4) is 0 Å². The Labute approximate surface area is 127 Å². The number of rotatable bonds is 2. The highest BCUT2D eigenvalue weighted by Gasteiger charge is 2.22. The van der Waals surface area contributed by atoms with E-state index >= 15 is 0 Å². The number of nitrogens with zero attached hydrogens (tertiary/aromatic N) is 6. The molecule has 0 N–H and O–H groups in total. The lowest BCUT2D eigenvalue weighted by Crippen LogP contribution is -2.39. The zero-order valence-corrected chi connectivity index (χ0v) is 12.3. The Morgan fingerprint density at radius 3 is 3.14 bits per heavy atom. The van der Waals surface area contributed by atoms with Gasteiger partial charge in [0, 0.05) is 18.9 Å². The molecule has 112 valence electrons. The van der Waals surface area contributed by atoms with Gasteiger partial charge in [-0.1, -0.05) is 6.07 Å². The van der Waals surface area contributed by atoms with Gasteiger partial charge >= 0.3 is 0 Å². The maximum atomic E-state index is 12.5. The lowest BCUT2D eigenvalue weighted by molar-refractivity contribution is -0.132. The van der Waals surface area contributed by atoms with Crippen molar-refractivity contribution in [2.75, 3.05) is 6.54 Å². The molecule has 3 aromatic heterocycles. The largest absolute Gasteiger partial charge is 0.333 e. The summed E-state index contributed by atoms with van der Waals surface area (Å²) in [6, 6.07) is 4.00. The number of carbonyl (C=O) groups is 1. The van der Waals surface area contributed by atoms with Crippen LogP contribution >= 0.6 is 0 Å². The normalized spacial score (nSPS) is 14.3. The van der Waals surface area contributed by atoms with Crippen LogP contribution in [0.5, 0.6) is 0 Å². The Morgan fingerprint density at radius 1 is 1.36 bits per heavy atom. The lowest BCUT2D eigenvalue weighted by Gasteiger charge is -2.26. The van der Waals surface area contributed by atoms with E-state index in [0.717, 1.165) is 22.7 Å². The van der Waals surface area contributed by atoms with Crippen molar-refractivity contribution in [1.82, 2.24) is 29.0 Å². The molecule has 0 fully saturated rings. The molecule has 4 heterocycles. The zero-order valence-electron chi connectivity index (χ0n) is 12.3. The minimum Gasteiger partial charge on any atom is -0.333 e. The molecule has 3 aromatic rings. The summed E-state index contributed by atoms with van der Waals surface area (Å²) in [7, 11) is 0. The Balaban J connectivity index is 1.53. The summed E-state index contributed by atoms with van der Waals surface area (Å²) in [4.78, 5) is 23.0. The van der Waals surface area contributed by atoms with Gasteiger partial charge in [-0.2, -0.15) is 5.10 Å². The molecule has 0 aliphatic carbocycles. The van der Waals surface area contributed by atoms with Gasteiger partial charge in [0.2, 0.25) is 5.91 Å². The summed E-state index contributed by atoms with van der Waals surface area (Å²) in [5.41, 5.74) is 2.81. The van der Waals surface area contributed by atoms with E-state index in [4.69, 9.17) is 0 Å². The third-order valence-corrected chi connectivity index (χ3v) is 4.02. The molecule has 1 amide bonds. The van der Waals surface area contributed by atoms with E-state index in [-0.39, 0.29) is 5.91 Å². The van der Waals surface area contributed by atoms with Crippen molar-refractivity contribution >= 4 is 11.6 Å². The molecule has 0 saturated carbocycles. The number of hydrogen-bond acceptors (Lipinski definition) is 4. The first kappa shape index (κ1) is 13.0. The number of aryl methyl sites for hydroxylation is 1. The molecule has 1 aliphatic rings. The molecule has 1 aliphatic heterocycles. The van der Waals surface area contributed by atoms with E-state index in [1.807, 2.05) is 45.4 Å². The SMILES string of the molecule is Cc1cccn2cc(CC(=O)N3CCn4ncnc4C3)nc12. The average molecular weight is 296 g/mol. The Hall–Kier alpha value is -2.70. The molecule has 0 atom stereocenters. The quantitative estimate of drug-likeness (QED) is 0.702. The van der Waals surface area contributed by atoms with Crippen LogP contribution in [0.15, 0.2) is 30.9 Å². The van der Waals surface area contributed by atoms with E-state index in [2.05, 4.69) is 15.1 Å². The zero-order chi connectivity index (χ0) is 15.1. The number of hydrogen-bond donors (Lipinski definition) is 0. The number of pyridine rings is 1. The molecular formula is C15H16N6O. The number of aromatic nitrogens is 5. The van der Waals surface area contributed by atoms with Crippen LogP contribution in [-0.4, -0.2) is 41.5 Å². The van der Waals surface area contributed by atoms with Gasteiger partial charge in [-0.25, -0.2) is 14.6 Å². The van der Waals surface area contributed by atoms with Crippen LogP contribution in [-0.2, 0) is 24.3 Å². The van der Waals surface area contributed by atoms with Crippen LogP contribution in [0.25, 0.3) is 5.65 Å². The summed E-state index contributed by atoms with van der Waals surface area (Å²) in [5, 5.41) is 4.12. The molecule has 7 heteroatoms. The fourth-order valence-corrected chi connectivity index (χ4v) is 2.83. The van der Waals surface area contributed by atoms with E-state index in [1.165, 1.54) is 6.33 Å². The smallest absolute Gasteiger partial charge is 0.229 e. The standard InChI is InChI=1S/C15H16N6O/c1-11-3-2-4-20-8-12(18-15(11)20)7-14(22)19-5-6-21-13(9-19)16-10-17-21/h2-4,8,10H,5-7,9H2,1H3. The first-order chi connectivity index (χ1) is 10.7. The molecule has 0 unspecified atom stereocenters. The van der Waals surface area contributed by atoms with Gasteiger partial charge in [0.25, 0.3) is 0 Å². The first-order valence-electron chi connectivity index (χ1n) is 7.28. The third-order valence-electron chi connectivity index (χ3n) is 4.02. The predicted molar refractivity (Wildman–Crippen MR) is 79.1 cm³/mol. The summed E-state index contributed by atoms with van der Waals surface area (Å²) in [5.74, 6) is 0.917. The van der Waals surface area contributed by atoms with Crippen molar-refractivity contribution in [3.05, 3.63) is 47.9 Å². The lowest BCUT2D eigenvalue weighted by atomic mass is 10.2. The molecule has 0 bridgehead atoms. The molecule has 22 heavy (non-hydrogen) atoms. The fraction of sp³-hybridized carbons (Fsp3) is 0.333. The second-order valence-corrected chi connectivity index (χ2v) is 5.55. The Morgan fingerprint density at radius 2 is 2.27 bits per heavy atom. The van der Waals surface area contributed by atoms with Crippen LogP contribution < -0.4 is 0 Å². The predicted octanol–water partition coefficient (Wildman–Crippen LogP) is 0.819. The molecule has 0 radical (unpaired) electrons. The van der Waals surface area contributed by atoms with Gasteiger partial charge in [-0.3, -0.25) is 4.79 Å². The van der Waals surface area contributed by atoms with Crippen molar-refractivity contribution in [2.24, 2.45) is 0 Å². The topological polar surface area (TPSA) is 68.3 Å². The molecule has 0 aromatic carbocycles. The summed E-state index contributed by atoms with van der Waals surface area (Å²) < 4.78 is 3.81. The van der Waals surface area contributed by atoms with Crippen LogP contribution in [0.2, 0.25) is 0 Å². The van der Waals surface area contributed by atoms with Gasteiger partial charge in [0.1, 0.15) is 17.8 Å². The van der Waals surface area contributed by atoms with Gasteiger partial charge < -0.3 is 9.30 Å². The Kier molecular flexibility index (Phi) is 2.92. The number of carbonyl (C=O) groups excluding carboxylic acids is 1. The maximum absolute atomic E-state index is 12.5. The van der Waals surface area contributed by atoms with Crippen LogP contribution in [0, 0.1) is 6.92 Å². The van der Waals surface area contributed by atoms with Crippen molar-refractivity contribution < 1.29 is 4.79 Å². The number of imidazole rings is 1. The monoisotopic (exact) mass is 296 g/mol. The van der Waals surface area contributed by atoms with Crippen molar-refractivity contribution in [2.45, 2.75) is 26.4 Å². The second kappa shape index (κ2) is 4.94. The third kappa shape index (κ3) is 2.14. The summed E-state index contributed by atoms with van der Waals surface area (Å²) in [6.07, 6.45) is 5.73. The van der Waals surface area contributed by atoms with Crippen LogP contribution in [0.3, 0.4) is 0 Å². The average Bonchev–Trinajstić information content (AvgIpc) is 3.13. The molecule has 0 spiro atoms. The highest BCUT2D eigenvalue weighted by molar-refractivity contribution is 5.78. The van der Waals surface area contributed by atoms with E-state index < -0.39 is 0 Å². The Bertz CT molecular complexity index is 849. The second-order valence-electron chi connectivity index (χ2n) is 5.55. The molecule has 7 nitrogen and oxygen atoms in total. The summed E-state index contributed by atoms with van der Waals surface area (Å²) in [6.45, 7) is 3.91. The minimum absolute atomic E-state index is 0.0790. The van der Waals surface area contributed by atoms with Gasteiger partial charge in [-0.05, 0) is 18.6 Å². The van der Waals surface area contributed by atoms with Gasteiger partial charge in [-0.15, -0.1) is 0 Å². The molecular weight excluding hydrogens is 280 g/mol. The highest BCUT2D eigenvalue weighted by Crippen LogP contribution is 2.13. The van der Waals surface area contributed by atoms with Crippen molar-refractivity contribution in [3.63, 3.8) is 0 Å². The van der Waals surface area contributed by atoms with Gasteiger partial charge in [0.15, 0.2) is 0 Å². The molecule has 4 rings (SSSR count). The van der Waals surface area contributed by atoms with Crippen LogP contribution in [0.1, 0.15) is 17.1 Å². The van der Waals surface area contributed by atoms with Gasteiger partial charge in [0.05, 0.1) is 25.2 Å². The maximum Gasteiger partial charge on any atom is 0.229 e. The van der Waals surface area contributed by atoms with E-state index in [9.17, 15) is 4.79 Å². The highest BCUT2D eigenvalue weighted by atomic mass is 16.2. The first-order valence-corrected chi connectivity index (χ1v) is 7.28. The van der Waals surface area contributed by atoms with E-state index in [0.29, 0.717) is 26.1 Å². The van der Waals surface area contributed by atoms with E-state index in [1.54, 1.807) is 0 Å². The number of fused-ring (bicyclic) bond motifs is 2. The number of amides is 1. The van der Waals surface area contributed by atoms with Crippen molar-refractivity contribution in [1.29, 1.82) is 0 Å². The van der Waals surface area contributed by atoms with Crippen LogP contribution in [0.4, 0.5) is 0 Å². The minimum atomic E-state index is 0.0790. The molecule has 0 saturated heterocycles. The fourth-order valence-electron chi connectivity index (χ4n) is 2.83.